The summed E-state index contributed by atoms with van der Waals surface area (Å²) in [6.07, 6.45) is 1.96. The average molecular weight is 450 g/mol. The van der Waals surface area contributed by atoms with Crippen LogP contribution in [0.25, 0.3) is 11.1 Å². The van der Waals surface area contributed by atoms with E-state index in [4.69, 9.17) is 29.3 Å². The van der Waals surface area contributed by atoms with Crippen molar-refractivity contribution in [2.75, 3.05) is 20.8 Å². The van der Waals surface area contributed by atoms with E-state index in [1.54, 1.807) is 14.2 Å². The van der Waals surface area contributed by atoms with Gasteiger partial charge in [-0.3, -0.25) is 0 Å². The van der Waals surface area contributed by atoms with Crippen LogP contribution in [0.5, 0.6) is 11.5 Å². The number of hydrogen-bond donors (Lipinski definition) is 3. The number of nitrogens with one attached hydrogen (secondary N) is 1. The van der Waals surface area contributed by atoms with Gasteiger partial charge in [0.15, 0.2) is 11.5 Å². The maximum atomic E-state index is 9.10. The molecule has 0 aliphatic carbocycles. The van der Waals surface area contributed by atoms with Gasteiger partial charge in [-0.25, -0.2) is 9.59 Å². The second-order valence-electron chi connectivity index (χ2n) is 7.54. The second kappa shape index (κ2) is 11.2. The lowest BCUT2D eigenvalue weighted by Crippen LogP contribution is -2.31. The maximum absolute atomic E-state index is 9.10. The molecule has 3 aromatic carbocycles. The molecule has 1 unspecified atom stereocenters. The van der Waals surface area contributed by atoms with Crippen molar-refractivity contribution in [3.8, 4) is 22.6 Å². The lowest BCUT2D eigenvalue weighted by Gasteiger charge is -2.28. The van der Waals surface area contributed by atoms with Crippen LogP contribution in [0.4, 0.5) is 0 Å². The number of carbonyl (C=O) groups is 2. The third kappa shape index (κ3) is 6.11. The number of hydrogen-bond acceptors (Lipinski definition) is 5. The summed E-state index contributed by atoms with van der Waals surface area (Å²) in [6.45, 7) is 0.978. The number of aliphatic carboxylic acids is 2. The molecule has 0 radical (unpaired) electrons. The van der Waals surface area contributed by atoms with Crippen molar-refractivity contribution >= 4 is 11.9 Å². The summed E-state index contributed by atoms with van der Waals surface area (Å²) in [5, 5.41) is 18.5. The van der Waals surface area contributed by atoms with Gasteiger partial charge in [-0.1, -0.05) is 54.6 Å². The molecule has 172 valence electrons. The predicted octanol–water partition coefficient (Wildman–Crippen LogP) is 3.96. The first-order valence-corrected chi connectivity index (χ1v) is 10.5. The van der Waals surface area contributed by atoms with Crippen LogP contribution >= 0.6 is 0 Å². The zero-order valence-corrected chi connectivity index (χ0v) is 18.6. The second-order valence-corrected chi connectivity index (χ2v) is 7.54. The Bertz CT molecular complexity index is 1100. The summed E-state index contributed by atoms with van der Waals surface area (Å²) in [5.41, 5.74) is 6.50. The highest BCUT2D eigenvalue weighted by Gasteiger charge is 2.23. The van der Waals surface area contributed by atoms with Crippen LogP contribution in [0.3, 0.4) is 0 Å². The van der Waals surface area contributed by atoms with Gasteiger partial charge in [0.1, 0.15) is 0 Å². The summed E-state index contributed by atoms with van der Waals surface area (Å²) in [5.74, 6) is -2.05. The van der Waals surface area contributed by atoms with Gasteiger partial charge in [0.2, 0.25) is 0 Å². The van der Waals surface area contributed by atoms with Crippen molar-refractivity contribution in [3.63, 3.8) is 0 Å². The van der Waals surface area contributed by atoms with Gasteiger partial charge in [-0.05, 0) is 59.3 Å². The minimum absolute atomic E-state index is 0.277. The Labute approximate surface area is 192 Å². The molecule has 0 amide bonds. The van der Waals surface area contributed by atoms with E-state index in [1.165, 1.54) is 27.8 Å². The Morgan fingerprint density at radius 1 is 0.879 bits per heavy atom. The van der Waals surface area contributed by atoms with Gasteiger partial charge in [0.25, 0.3) is 0 Å². The van der Waals surface area contributed by atoms with E-state index in [0.29, 0.717) is 0 Å². The molecule has 33 heavy (non-hydrogen) atoms. The van der Waals surface area contributed by atoms with Crippen molar-refractivity contribution in [2.45, 2.75) is 18.9 Å². The Hall–Kier alpha value is -3.84. The van der Waals surface area contributed by atoms with E-state index in [-0.39, 0.29) is 6.04 Å². The van der Waals surface area contributed by atoms with Crippen LogP contribution in [0.1, 0.15) is 22.7 Å². The molecule has 0 spiro atoms. The molecule has 0 bridgehead atoms. The molecule has 3 N–H and O–H groups in total. The molecule has 1 aliphatic rings. The molecule has 0 aromatic heterocycles. The van der Waals surface area contributed by atoms with E-state index in [2.05, 4.69) is 72.0 Å². The molecule has 3 aromatic rings. The lowest BCUT2D eigenvalue weighted by atomic mass is 9.89. The number of ether oxygens (including phenoxy) is 2. The Kier molecular flexibility index (Phi) is 8.05. The third-order valence-electron chi connectivity index (χ3n) is 5.46. The number of benzene rings is 3. The van der Waals surface area contributed by atoms with Crippen molar-refractivity contribution in [1.29, 1.82) is 0 Å². The minimum atomic E-state index is -1.82. The van der Waals surface area contributed by atoms with Crippen LogP contribution in [0, 0.1) is 0 Å². The molecule has 0 fully saturated rings. The Morgan fingerprint density at radius 2 is 1.52 bits per heavy atom. The minimum Gasteiger partial charge on any atom is -0.493 e. The molecule has 1 atom stereocenters. The first-order valence-electron chi connectivity index (χ1n) is 10.5. The first-order chi connectivity index (χ1) is 15.9. The van der Waals surface area contributed by atoms with Crippen molar-refractivity contribution in [2.24, 2.45) is 0 Å². The number of carboxylic acids is 2. The monoisotopic (exact) mass is 449 g/mol. The van der Waals surface area contributed by atoms with Crippen LogP contribution in [-0.4, -0.2) is 42.9 Å². The van der Waals surface area contributed by atoms with Gasteiger partial charge in [-0.15, -0.1) is 0 Å². The Balaban J connectivity index is 0.000000454. The van der Waals surface area contributed by atoms with Crippen LogP contribution in [0.15, 0.2) is 66.7 Å². The molecule has 0 saturated heterocycles. The molecular weight excluding hydrogens is 422 g/mol. The topological polar surface area (TPSA) is 105 Å². The van der Waals surface area contributed by atoms with Crippen LogP contribution in [-0.2, 0) is 22.4 Å². The van der Waals surface area contributed by atoms with Gasteiger partial charge in [-0.2, -0.15) is 0 Å². The molecule has 1 aliphatic heterocycles. The van der Waals surface area contributed by atoms with Crippen molar-refractivity contribution in [1.82, 2.24) is 5.32 Å². The number of fused-ring (bicyclic) bond motifs is 1. The zero-order valence-electron chi connectivity index (χ0n) is 18.6. The number of methoxy groups -OCH3 is 2. The average Bonchev–Trinajstić information content (AvgIpc) is 2.84. The fourth-order valence-corrected chi connectivity index (χ4v) is 3.90. The standard InChI is InChI=1S/C24H25NO2.C2H2O4/c1-26-23-15-20-11-12-25-22(21(20)16-24(23)27-2)14-17-7-6-10-19(13-17)18-8-4-3-5-9-18;3-1(4)2(5)6/h3-10,13,15-16,22,25H,11-12,14H2,1-2H3;(H,3,4)(H,5,6). The summed E-state index contributed by atoms with van der Waals surface area (Å²) < 4.78 is 11.0. The molecule has 4 rings (SSSR count). The van der Waals surface area contributed by atoms with Gasteiger partial charge >= 0.3 is 11.9 Å². The fourth-order valence-electron chi connectivity index (χ4n) is 3.90. The highest BCUT2D eigenvalue weighted by molar-refractivity contribution is 6.27. The van der Waals surface area contributed by atoms with E-state index < -0.39 is 11.9 Å². The van der Waals surface area contributed by atoms with E-state index in [9.17, 15) is 0 Å². The summed E-state index contributed by atoms with van der Waals surface area (Å²) in [4.78, 5) is 18.2. The third-order valence-corrected chi connectivity index (χ3v) is 5.46. The van der Waals surface area contributed by atoms with Crippen molar-refractivity contribution in [3.05, 3.63) is 83.4 Å². The summed E-state index contributed by atoms with van der Waals surface area (Å²) in [6, 6.07) is 23.9. The smallest absolute Gasteiger partial charge is 0.414 e. The molecular formula is C26H27NO6. The SMILES string of the molecule is COc1cc2c(cc1OC)C(Cc1cccc(-c3ccccc3)c1)NCC2.O=C(O)C(=O)O. The predicted molar refractivity (Wildman–Crippen MR) is 125 cm³/mol. The first kappa shape index (κ1) is 23.8. The summed E-state index contributed by atoms with van der Waals surface area (Å²) in [7, 11) is 3.39. The maximum Gasteiger partial charge on any atom is 0.414 e. The van der Waals surface area contributed by atoms with Crippen LogP contribution in [0.2, 0.25) is 0 Å². The van der Waals surface area contributed by atoms with Gasteiger partial charge < -0.3 is 25.0 Å². The lowest BCUT2D eigenvalue weighted by molar-refractivity contribution is -0.159. The molecule has 1 heterocycles. The van der Waals surface area contributed by atoms with Crippen LogP contribution < -0.4 is 14.8 Å². The highest BCUT2D eigenvalue weighted by Crippen LogP contribution is 2.36. The number of rotatable bonds is 5. The molecule has 7 nitrogen and oxygen atoms in total. The zero-order chi connectivity index (χ0) is 23.8. The van der Waals surface area contributed by atoms with Gasteiger partial charge in [0.05, 0.1) is 14.2 Å². The fraction of sp³-hybridized carbons (Fsp3) is 0.231. The quantitative estimate of drug-likeness (QED) is 0.507. The molecule has 0 saturated carbocycles. The normalized spacial score (nSPS) is 14.3. The van der Waals surface area contributed by atoms with Crippen molar-refractivity contribution < 1.29 is 29.3 Å². The van der Waals surface area contributed by atoms with E-state index >= 15 is 0 Å². The largest absolute Gasteiger partial charge is 0.493 e. The highest BCUT2D eigenvalue weighted by atomic mass is 16.5. The molecule has 7 heteroatoms. The summed E-state index contributed by atoms with van der Waals surface area (Å²) >= 11 is 0. The van der Waals surface area contributed by atoms with Gasteiger partial charge in [0, 0.05) is 6.04 Å². The van der Waals surface area contributed by atoms with E-state index in [0.717, 1.165) is 30.9 Å². The Morgan fingerprint density at radius 3 is 2.15 bits per heavy atom. The number of carboxylic acid groups (broad SMARTS) is 2. The van der Waals surface area contributed by atoms with E-state index in [1.807, 2.05) is 0 Å².